The molecule has 1 atom stereocenters. The van der Waals surface area contributed by atoms with Crippen LogP contribution in [0.3, 0.4) is 0 Å². The first-order valence-corrected chi connectivity index (χ1v) is 8.67. The predicted molar refractivity (Wildman–Crippen MR) is 95.4 cm³/mol. The summed E-state index contributed by atoms with van der Waals surface area (Å²) in [4.78, 5) is 38.6. The van der Waals surface area contributed by atoms with Crippen LogP contribution in [0, 0.1) is 5.92 Å². The Morgan fingerprint density at radius 1 is 1.04 bits per heavy atom. The van der Waals surface area contributed by atoms with Crippen molar-refractivity contribution < 1.29 is 9.59 Å². The summed E-state index contributed by atoms with van der Waals surface area (Å²) in [6.07, 6.45) is 3.61. The molecule has 0 spiro atoms. The summed E-state index contributed by atoms with van der Waals surface area (Å²) in [5.74, 6) is -0.0294. The van der Waals surface area contributed by atoms with Gasteiger partial charge in [-0.3, -0.25) is 14.4 Å². The molecule has 5 nitrogen and oxygen atoms in total. The topological polar surface area (TPSA) is 59.4 Å². The zero-order valence-electron chi connectivity index (χ0n) is 14.1. The van der Waals surface area contributed by atoms with E-state index < -0.39 is 0 Å². The molecule has 1 aliphatic rings. The maximum absolute atomic E-state index is 12.6. The minimum atomic E-state index is -0.139. The molecule has 2 heterocycles. The fourth-order valence-electron chi connectivity index (χ4n) is 3.28. The number of carbonyl (C=O) groups is 2. The Bertz CT molecular complexity index is 798. The molecular formula is C20H22N2O3. The molecule has 0 N–H and O–H groups in total. The van der Waals surface area contributed by atoms with Gasteiger partial charge in [0.25, 0.3) is 5.56 Å². The Hall–Kier alpha value is -2.69. The quantitative estimate of drug-likeness (QED) is 0.787. The van der Waals surface area contributed by atoms with Crippen molar-refractivity contribution in [3.8, 4) is 0 Å². The van der Waals surface area contributed by atoms with Gasteiger partial charge in [-0.15, -0.1) is 0 Å². The summed E-state index contributed by atoms with van der Waals surface area (Å²) in [5, 5.41) is 0. The summed E-state index contributed by atoms with van der Waals surface area (Å²) in [6, 6.07) is 14.2. The van der Waals surface area contributed by atoms with Gasteiger partial charge in [0, 0.05) is 49.8 Å². The molecule has 3 rings (SSSR count). The van der Waals surface area contributed by atoms with E-state index in [1.807, 2.05) is 30.3 Å². The molecule has 0 saturated carbocycles. The molecule has 0 radical (unpaired) electrons. The Morgan fingerprint density at radius 3 is 2.56 bits per heavy atom. The lowest BCUT2D eigenvalue weighted by atomic mass is 9.90. The number of aromatic nitrogens is 1. The number of amides is 1. The van der Waals surface area contributed by atoms with Gasteiger partial charge in [-0.1, -0.05) is 36.4 Å². The Morgan fingerprint density at radius 2 is 1.80 bits per heavy atom. The number of hydrogen-bond donors (Lipinski definition) is 0. The number of benzene rings is 1. The van der Waals surface area contributed by atoms with Crippen molar-refractivity contribution in [2.24, 2.45) is 5.92 Å². The second-order valence-electron chi connectivity index (χ2n) is 6.39. The van der Waals surface area contributed by atoms with E-state index in [1.54, 1.807) is 23.2 Å². The van der Waals surface area contributed by atoms with E-state index in [1.165, 1.54) is 10.6 Å². The van der Waals surface area contributed by atoms with E-state index in [0.29, 0.717) is 25.2 Å². The highest BCUT2D eigenvalue weighted by Gasteiger charge is 2.28. The molecule has 25 heavy (non-hydrogen) atoms. The van der Waals surface area contributed by atoms with E-state index in [4.69, 9.17) is 0 Å². The van der Waals surface area contributed by atoms with Crippen LogP contribution in [-0.2, 0) is 11.3 Å². The largest absolute Gasteiger partial charge is 0.342 e. The van der Waals surface area contributed by atoms with Crippen LogP contribution in [0.2, 0.25) is 0 Å². The van der Waals surface area contributed by atoms with Crippen molar-refractivity contribution in [1.29, 1.82) is 0 Å². The third-order valence-corrected chi connectivity index (χ3v) is 4.67. The number of Topliss-reactive ketones (excluding diaryl/α,β-unsaturated/α-hetero) is 1. The lowest BCUT2D eigenvalue weighted by Crippen LogP contribution is -2.42. The minimum absolute atomic E-state index is 0.00122. The first-order chi connectivity index (χ1) is 12.1. The average molecular weight is 338 g/mol. The number of rotatable bonds is 5. The van der Waals surface area contributed by atoms with E-state index in [-0.39, 0.29) is 29.6 Å². The number of carbonyl (C=O) groups excluding carboxylic acids is 2. The number of pyridine rings is 1. The maximum atomic E-state index is 12.6. The van der Waals surface area contributed by atoms with Crippen molar-refractivity contribution in [2.75, 3.05) is 13.1 Å². The molecule has 130 valence electrons. The smallest absolute Gasteiger partial charge is 0.250 e. The summed E-state index contributed by atoms with van der Waals surface area (Å²) in [7, 11) is 0. The molecule has 0 bridgehead atoms. The lowest BCUT2D eigenvalue weighted by Gasteiger charge is -2.32. The molecule has 5 heteroatoms. The summed E-state index contributed by atoms with van der Waals surface area (Å²) < 4.78 is 1.54. The van der Waals surface area contributed by atoms with Crippen LogP contribution in [0.25, 0.3) is 0 Å². The lowest BCUT2D eigenvalue weighted by molar-refractivity contribution is -0.132. The Balaban J connectivity index is 1.59. The first-order valence-electron chi connectivity index (χ1n) is 8.67. The van der Waals surface area contributed by atoms with Crippen LogP contribution in [0.15, 0.2) is 59.5 Å². The van der Waals surface area contributed by atoms with Crippen molar-refractivity contribution in [2.45, 2.75) is 25.8 Å². The number of aryl methyl sites for hydroxylation is 1. The van der Waals surface area contributed by atoms with Crippen LogP contribution in [-0.4, -0.2) is 34.2 Å². The summed E-state index contributed by atoms with van der Waals surface area (Å²) in [6.45, 7) is 1.52. The van der Waals surface area contributed by atoms with Gasteiger partial charge >= 0.3 is 0 Å². The molecule has 2 aromatic rings. The Labute approximate surface area is 146 Å². The number of hydrogen-bond acceptors (Lipinski definition) is 3. The molecule has 1 fully saturated rings. The fraction of sp³-hybridized carbons (Fsp3) is 0.350. The number of nitrogens with zero attached hydrogens (tertiary/aromatic N) is 2. The molecule has 0 aliphatic carbocycles. The van der Waals surface area contributed by atoms with Gasteiger partial charge in [-0.2, -0.15) is 0 Å². The second-order valence-corrected chi connectivity index (χ2v) is 6.39. The molecule has 1 saturated heterocycles. The molecule has 0 unspecified atom stereocenters. The van der Waals surface area contributed by atoms with Gasteiger partial charge < -0.3 is 9.47 Å². The van der Waals surface area contributed by atoms with Gasteiger partial charge in [0.1, 0.15) is 0 Å². The maximum Gasteiger partial charge on any atom is 0.250 e. The monoisotopic (exact) mass is 338 g/mol. The van der Waals surface area contributed by atoms with Gasteiger partial charge in [0.15, 0.2) is 5.78 Å². The highest BCUT2D eigenvalue weighted by Crippen LogP contribution is 2.21. The van der Waals surface area contributed by atoms with Crippen molar-refractivity contribution in [3.63, 3.8) is 0 Å². The minimum Gasteiger partial charge on any atom is -0.342 e. The Kier molecular flexibility index (Phi) is 5.43. The SMILES string of the molecule is O=C(c1ccccc1)[C@@H]1CCCN(C(=O)CCn2ccccc2=O)C1. The molecule has 1 aliphatic heterocycles. The summed E-state index contributed by atoms with van der Waals surface area (Å²) in [5.41, 5.74) is 0.601. The van der Waals surface area contributed by atoms with Crippen molar-refractivity contribution in [1.82, 2.24) is 9.47 Å². The van der Waals surface area contributed by atoms with Gasteiger partial charge in [0.2, 0.25) is 5.91 Å². The van der Waals surface area contributed by atoms with Crippen LogP contribution in [0.5, 0.6) is 0 Å². The van der Waals surface area contributed by atoms with E-state index in [0.717, 1.165) is 12.8 Å². The van der Waals surface area contributed by atoms with Gasteiger partial charge in [0.05, 0.1) is 0 Å². The van der Waals surface area contributed by atoms with Crippen LogP contribution in [0.1, 0.15) is 29.6 Å². The van der Waals surface area contributed by atoms with Crippen LogP contribution in [0.4, 0.5) is 0 Å². The van der Waals surface area contributed by atoms with Crippen molar-refractivity contribution >= 4 is 11.7 Å². The third-order valence-electron chi connectivity index (χ3n) is 4.67. The number of likely N-dealkylation sites (tertiary alicyclic amines) is 1. The van der Waals surface area contributed by atoms with E-state index in [2.05, 4.69) is 0 Å². The van der Waals surface area contributed by atoms with Crippen LogP contribution >= 0.6 is 0 Å². The summed E-state index contributed by atoms with van der Waals surface area (Å²) >= 11 is 0. The van der Waals surface area contributed by atoms with Gasteiger partial charge in [-0.25, -0.2) is 0 Å². The highest BCUT2D eigenvalue weighted by atomic mass is 16.2. The number of ketones is 1. The average Bonchev–Trinajstić information content (AvgIpc) is 2.67. The number of piperidine rings is 1. The van der Waals surface area contributed by atoms with Crippen LogP contribution < -0.4 is 5.56 Å². The fourth-order valence-corrected chi connectivity index (χ4v) is 3.28. The highest BCUT2D eigenvalue weighted by molar-refractivity contribution is 5.98. The molecule has 1 amide bonds. The zero-order valence-corrected chi connectivity index (χ0v) is 14.1. The molecule has 1 aromatic carbocycles. The van der Waals surface area contributed by atoms with E-state index >= 15 is 0 Å². The van der Waals surface area contributed by atoms with Gasteiger partial charge in [-0.05, 0) is 18.9 Å². The molecular weight excluding hydrogens is 316 g/mol. The third kappa shape index (κ3) is 4.24. The molecule has 1 aromatic heterocycles. The first kappa shape index (κ1) is 17.1. The van der Waals surface area contributed by atoms with Crippen molar-refractivity contribution in [3.05, 3.63) is 70.6 Å². The zero-order chi connectivity index (χ0) is 17.6. The second kappa shape index (κ2) is 7.92. The predicted octanol–water partition coefficient (Wildman–Crippen LogP) is 2.36. The van der Waals surface area contributed by atoms with E-state index in [9.17, 15) is 14.4 Å². The normalized spacial score (nSPS) is 17.3. The standard InChI is InChI=1S/C20H22N2O3/c23-18-10-4-5-12-21(18)14-11-19(24)22-13-6-9-17(15-22)20(25)16-7-2-1-3-8-16/h1-5,7-8,10,12,17H,6,9,11,13-15H2/t17-/m1/s1.